The van der Waals surface area contributed by atoms with E-state index in [-0.39, 0.29) is 5.92 Å². The molecule has 6 nitrogen and oxygen atoms in total. The molecule has 2 unspecified atom stereocenters. The number of hydrogen-bond donors (Lipinski definition) is 1. The van der Waals surface area contributed by atoms with Crippen LogP contribution in [0.1, 0.15) is 46.0 Å². The number of hydrogen-bond acceptors (Lipinski definition) is 3. The molecule has 2 saturated heterocycles. The van der Waals surface area contributed by atoms with Crippen LogP contribution in [0.3, 0.4) is 0 Å². The summed E-state index contributed by atoms with van der Waals surface area (Å²) in [5.41, 5.74) is 0. The lowest BCUT2D eigenvalue weighted by Crippen LogP contribution is -2.50. The van der Waals surface area contributed by atoms with Crippen molar-refractivity contribution in [1.29, 1.82) is 0 Å². The van der Waals surface area contributed by atoms with Crippen LogP contribution in [0.5, 0.6) is 0 Å². The summed E-state index contributed by atoms with van der Waals surface area (Å²) >= 11 is 0. The molecule has 0 spiro atoms. The second-order valence-corrected chi connectivity index (χ2v) is 7.53. The number of nitrogens with one attached hydrogen (secondary N) is 1. The van der Waals surface area contributed by atoms with Crippen molar-refractivity contribution >= 4 is 11.9 Å². The van der Waals surface area contributed by atoms with Crippen LogP contribution in [0.25, 0.3) is 0 Å². The maximum absolute atomic E-state index is 12.7. The fraction of sp³-hybridized carbons (Fsp3) is 0.895. The van der Waals surface area contributed by atoms with Gasteiger partial charge >= 0.3 is 0 Å². The molecule has 3 aliphatic rings. The molecular weight excluding hydrogens is 316 g/mol. The lowest BCUT2D eigenvalue weighted by atomic mass is 9.95. The van der Waals surface area contributed by atoms with Gasteiger partial charge in [-0.25, -0.2) is 0 Å². The number of aliphatic imine (C=N–C) groups is 1. The highest BCUT2D eigenvalue weighted by Crippen LogP contribution is 2.34. The van der Waals surface area contributed by atoms with E-state index < -0.39 is 0 Å². The number of likely N-dealkylation sites (tertiary alicyclic amines) is 1. The van der Waals surface area contributed by atoms with Crippen molar-refractivity contribution in [2.24, 2.45) is 16.8 Å². The zero-order chi connectivity index (χ0) is 17.6. The van der Waals surface area contributed by atoms with Gasteiger partial charge in [-0.2, -0.15) is 0 Å². The molecule has 3 rings (SSSR count). The van der Waals surface area contributed by atoms with E-state index in [2.05, 4.69) is 24.1 Å². The van der Waals surface area contributed by atoms with Gasteiger partial charge in [-0.1, -0.05) is 13.3 Å². The minimum absolute atomic E-state index is 0.172. The number of ether oxygens (including phenoxy) is 1. The quantitative estimate of drug-likeness (QED) is 0.606. The van der Waals surface area contributed by atoms with Gasteiger partial charge in [0, 0.05) is 44.7 Å². The highest BCUT2D eigenvalue weighted by Gasteiger charge is 2.38. The minimum atomic E-state index is 0.172. The lowest BCUT2D eigenvalue weighted by Gasteiger charge is -2.37. The van der Waals surface area contributed by atoms with Crippen LogP contribution >= 0.6 is 0 Å². The molecular formula is C19H34N4O2. The zero-order valence-electron chi connectivity index (χ0n) is 15.9. The Hall–Kier alpha value is -1.30. The van der Waals surface area contributed by atoms with Crippen LogP contribution in [0.4, 0.5) is 0 Å². The van der Waals surface area contributed by atoms with E-state index in [1.165, 1.54) is 19.3 Å². The number of morpholine rings is 1. The van der Waals surface area contributed by atoms with Crippen molar-refractivity contribution in [2.75, 3.05) is 45.9 Å². The molecule has 3 fully saturated rings. The Labute approximate surface area is 152 Å². The van der Waals surface area contributed by atoms with Crippen LogP contribution in [-0.4, -0.2) is 73.6 Å². The molecule has 6 heteroatoms. The Kier molecular flexibility index (Phi) is 6.57. The van der Waals surface area contributed by atoms with Gasteiger partial charge in [-0.3, -0.25) is 9.79 Å². The molecule has 2 aliphatic heterocycles. The van der Waals surface area contributed by atoms with E-state index in [1.807, 2.05) is 4.90 Å². The maximum atomic E-state index is 12.7. The van der Waals surface area contributed by atoms with Crippen LogP contribution in [-0.2, 0) is 9.53 Å². The lowest BCUT2D eigenvalue weighted by molar-refractivity contribution is -0.140. The second-order valence-electron chi connectivity index (χ2n) is 7.53. The third-order valence-corrected chi connectivity index (χ3v) is 5.67. The van der Waals surface area contributed by atoms with Gasteiger partial charge in [-0.05, 0) is 38.5 Å². The summed E-state index contributed by atoms with van der Waals surface area (Å²) in [4.78, 5) is 21.7. The Bertz CT molecular complexity index is 468. The summed E-state index contributed by atoms with van der Waals surface area (Å²) in [7, 11) is 0. The first-order valence-corrected chi connectivity index (χ1v) is 10.1. The molecule has 0 radical (unpaired) electrons. The van der Waals surface area contributed by atoms with E-state index in [0.29, 0.717) is 25.2 Å². The second kappa shape index (κ2) is 8.88. The number of carbonyl (C=O) groups is 1. The number of piperidine rings is 1. The summed E-state index contributed by atoms with van der Waals surface area (Å²) in [5, 5.41) is 3.67. The molecule has 25 heavy (non-hydrogen) atoms. The summed E-state index contributed by atoms with van der Waals surface area (Å²) in [6.45, 7) is 9.88. The molecule has 0 aromatic rings. The highest BCUT2D eigenvalue weighted by atomic mass is 16.5. The number of rotatable bonds is 5. The summed E-state index contributed by atoms with van der Waals surface area (Å²) in [5.74, 6) is 2.39. The number of guanidine groups is 1. The normalized spacial score (nSPS) is 28.2. The summed E-state index contributed by atoms with van der Waals surface area (Å²) in [6.07, 6.45) is 5.72. The van der Waals surface area contributed by atoms with E-state index in [4.69, 9.17) is 9.73 Å². The average molecular weight is 351 g/mol. The highest BCUT2D eigenvalue weighted by molar-refractivity contribution is 5.82. The Morgan fingerprint density at radius 2 is 1.84 bits per heavy atom. The number of nitrogens with zero attached hydrogens (tertiary/aromatic N) is 3. The molecule has 1 amide bonds. The number of amides is 1. The molecule has 1 aliphatic carbocycles. The zero-order valence-corrected chi connectivity index (χ0v) is 15.9. The Balaban J connectivity index is 1.48. The van der Waals surface area contributed by atoms with Crippen molar-refractivity contribution in [1.82, 2.24) is 15.1 Å². The third kappa shape index (κ3) is 4.87. The molecule has 0 aromatic carbocycles. The van der Waals surface area contributed by atoms with Gasteiger partial charge in [0.2, 0.25) is 5.91 Å². The first-order chi connectivity index (χ1) is 12.2. The predicted octanol–water partition coefficient (Wildman–Crippen LogP) is 1.71. The largest absolute Gasteiger partial charge is 0.378 e. The molecule has 2 heterocycles. The van der Waals surface area contributed by atoms with E-state index in [9.17, 15) is 4.79 Å². The van der Waals surface area contributed by atoms with Gasteiger partial charge in [0.05, 0.1) is 13.2 Å². The third-order valence-electron chi connectivity index (χ3n) is 5.67. The number of carbonyl (C=O) groups excluding carboxylic acids is 1. The van der Waals surface area contributed by atoms with E-state index >= 15 is 0 Å². The van der Waals surface area contributed by atoms with E-state index in [1.54, 1.807) is 0 Å². The van der Waals surface area contributed by atoms with Crippen LogP contribution < -0.4 is 5.32 Å². The SMILES string of the molecule is CCCC1CC1NC(=NCC)N1CCC(C(=O)N2CCOCC2)CC1. The molecule has 2 atom stereocenters. The topological polar surface area (TPSA) is 57.2 Å². The van der Waals surface area contributed by atoms with Gasteiger partial charge in [-0.15, -0.1) is 0 Å². The Morgan fingerprint density at radius 1 is 1.12 bits per heavy atom. The fourth-order valence-corrected chi connectivity index (χ4v) is 4.05. The van der Waals surface area contributed by atoms with Gasteiger partial charge < -0.3 is 19.9 Å². The molecule has 0 bridgehead atoms. The van der Waals surface area contributed by atoms with Crippen molar-refractivity contribution in [3.8, 4) is 0 Å². The van der Waals surface area contributed by atoms with Gasteiger partial charge in [0.1, 0.15) is 0 Å². The molecule has 1 N–H and O–H groups in total. The first-order valence-electron chi connectivity index (χ1n) is 10.1. The first kappa shape index (κ1) is 18.5. The molecule has 142 valence electrons. The fourth-order valence-electron chi connectivity index (χ4n) is 4.05. The maximum Gasteiger partial charge on any atom is 0.225 e. The van der Waals surface area contributed by atoms with Crippen LogP contribution in [0.2, 0.25) is 0 Å². The van der Waals surface area contributed by atoms with Crippen LogP contribution in [0, 0.1) is 11.8 Å². The van der Waals surface area contributed by atoms with Crippen molar-refractivity contribution < 1.29 is 9.53 Å². The minimum Gasteiger partial charge on any atom is -0.378 e. The smallest absolute Gasteiger partial charge is 0.225 e. The molecule has 1 saturated carbocycles. The Morgan fingerprint density at radius 3 is 2.48 bits per heavy atom. The molecule has 0 aromatic heterocycles. The van der Waals surface area contributed by atoms with Crippen molar-refractivity contribution in [3.63, 3.8) is 0 Å². The monoisotopic (exact) mass is 350 g/mol. The standard InChI is InChI=1S/C19H34N4O2/c1-3-5-16-14-17(16)21-19(20-4-2)23-8-6-15(7-9-23)18(24)22-10-12-25-13-11-22/h15-17H,3-14H2,1-2H3,(H,20,21). The average Bonchev–Trinajstić information content (AvgIpc) is 3.39. The van der Waals surface area contributed by atoms with E-state index in [0.717, 1.165) is 57.4 Å². The van der Waals surface area contributed by atoms with Gasteiger partial charge in [0.15, 0.2) is 5.96 Å². The summed E-state index contributed by atoms with van der Waals surface area (Å²) < 4.78 is 5.36. The summed E-state index contributed by atoms with van der Waals surface area (Å²) in [6, 6.07) is 0.609. The predicted molar refractivity (Wildman–Crippen MR) is 99.6 cm³/mol. The van der Waals surface area contributed by atoms with Crippen molar-refractivity contribution in [2.45, 2.75) is 52.0 Å². The van der Waals surface area contributed by atoms with Crippen molar-refractivity contribution in [3.05, 3.63) is 0 Å². The van der Waals surface area contributed by atoms with Crippen LogP contribution in [0.15, 0.2) is 4.99 Å². The van der Waals surface area contributed by atoms with Gasteiger partial charge in [0.25, 0.3) is 0 Å².